The minimum absolute atomic E-state index is 0.0624. The fourth-order valence-corrected chi connectivity index (χ4v) is 2.05. The van der Waals surface area contributed by atoms with Gasteiger partial charge in [-0.15, -0.1) is 0 Å². The quantitative estimate of drug-likeness (QED) is 0.702. The summed E-state index contributed by atoms with van der Waals surface area (Å²) in [4.78, 5) is 12.0. The molecule has 3 N–H and O–H groups in total. The normalized spacial score (nSPS) is 11.8. The van der Waals surface area contributed by atoms with Crippen molar-refractivity contribution in [3.63, 3.8) is 0 Å². The first-order valence-electron chi connectivity index (χ1n) is 6.83. The van der Waals surface area contributed by atoms with E-state index in [0.29, 0.717) is 31.1 Å². The summed E-state index contributed by atoms with van der Waals surface area (Å²) in [7, 11) is 4.74. The first-order valence-corrected chi connectivity index (χ1v) is 6.83. The lowest BCUT2D eigenvalue weighted by atomic mass is 10.1. The Morgan fingerprint density at radius 3 is 2.52 bits per heavy atom. The van der Waals surface area contributed by atoms with Gasteiger partial charge in [0.15, 0.2) is 11.5 Å². The van der Waals surface area contributed by atoms with E-state index in [1.54, 1.807) is 33.5 Å². The van der Waals surface area contributed by atoms with Crippen molar-refractivity contribution in [1.29, 1.82) is 0 Å². The molecule has 1 unspecified atom stereocenters. The van der Waals surface area contributed by atoms with Crippen LogP contribution in [-0.4, -0.2) is 46.4 Å². The number of hydrogen-bond acceptors (Lipinski definition) is 5. The summed E-state index contributed by atoms with van der Waals surface area (Å²) < 4.78 is 15.5. The number of amides is 1. The molecular formula is C15H24N2O4. The molecule has 0 saturated carbocycles. The Balaban J connectivity index is 2.65. The van der Waals surface area contributed by atoms with E-state index in [-0.39, 0.29) is 18.4 Å². The van der Waals surface area contributed by atoms with Crippen LogP contribution in [0, 0.1) is 0 Å². The number of nitrogens with two attached hydrogens (primary N) is 1. The van der Waals surface area contributed by atoms with Crippen LogP contribution in [0.5, 0.6) is 11.5 Å². The standard InChI is InChI=1S/C15H24N2O4/c1-19-10-12(6-7-16)17-15(18)9-11-4-5-13(20-2)14(8-11)21-3/h4-5,8,12H,6-7,9-10,16H2,1-3H3,(H,17,18). The molecular weight excluding hydrogens is 272 g/mol. The minimum atomic E-state index is -0.0716. The number of hydrogen-bond donors (Lipinski definition) is 2. The molecule has 1 aromatic carbocycles. The number of rotatable bonds is 9. The van der Waals surface area contributed by atoms with Gasteiger partial charge in [0.1, 0.15) is 0 Å². The second-order valence-corrected chi connectivity index (χ2v) is 4.66. The van der Waals surface area contributed by atoms with Gasteiger partial charge in [-0.3, -0.25) is 4.79 Å². The molecule has 1 rings (SSSR count). The van der Waals surface area contributed by atoms with Gasteiger partial charge in [-0.05, 0) is 30.7 Å². The molecule has 0 spiro atoms. The highest BCUT2D eigenvalue weighted by atomic mass is 16.5. The largest absolute Gasteiger partial charge is 0.493 e. The molecule has 1 amide bonds. The van der Waals surface area contributed by atoms with Gasteiger partial charge in [-0.2, -0.15) is 0 Å². The van der Waals surface area contributed by atoms with Crippen molar-refractivity contribution in [3.8, 4) is 11.5 Å². The van der Waals surface area contributed by atoms with Crippen LogP contribution in [0.25, 0.3) is 0 Å². The lowest BCUT2D eigenvalue weighted by molar-refractivity contribution is -0.121. The molecule has 118 valence electrons. The molecule has 6 heteroatoms. The smallest absolute Gasteiger partial charge is 0.224 e. The van der Waals surface area contributed by atoms with E-state index < -0.39 is 0 Å². The van der Waals surface area contributed by atoms with Crippen LogP contribution in [0.3, 0.4) is 0 Å². The Kier molecular flexibility index (Phi) is 7.56. The Labute approximate surface area is 125 Å². The van der Waals surface area contributed by atoms with Crippen molar-refractivity contribution in [2.75, 3.05) is 34.5 Å². The molecule has 21 heavy (non-hydrogen) atoms. The van der Waals surface area contributed by atoms with Gasteiger partial charge >= 0.3 is 0 Å². The Hall–Kier alpha value is -1.79. The van der Waals surface area contributed by atoms with Crippen LogP contribution in [0.4, 0.5) is 0 Å². The zero-order valence-corrected chi connectivity index (χ0v) is 12.8. The maximum absolute atomic E-state index is 12.0. The lowest BCUT2D eigenvalue weighted by Crippen LogP contribution is -2.40. The second-order valence-electron chi connectivity index (χ2n) is 4.66. The van der Waals surface area contributed by atoms with E-state index in [1.807, 2.05) is 6.07 Å². The average Bonchev–Trinajstić information content (AvgIpc) is 2.47. The maximum Gasteiger partial charge on any atom is 0.224 e. The van der Waals surface area contributed by atoms with Crippen LogP contribution in [0.2, 0.25) is 0 Å². The van der Waals surface area contributed by atoms with Crippen LogP contribution in [0.1, 0.15) is 12.0 Å². The SMILES string of the molecule is COCC(CCN)NC(=O)Cc1ccc(OC)c(OC)c1. The number of benzene rings is 1. The maximum atomic E-state index is 12.0. The predicted molar refractivity (Wildman–Crippen MR) is 80.7 cm³/mol. The molecule has 0 aliphatic rings. The third-order valence-electron chi connectivity index (χ3n) is 3.06. The highest BCUT2D eigenvalue weighted by Gasteiger charge is 2.13. The molecule has 0 aliphatic carbocycles. The highest BCUT2D eigenvalue weighted by Crippen LogP contribution is 2.27. The average molecular weight is 296 g/mol. The zero-order chi connectivity index (χ0) is 15.7. The van der Waals surface area contributed by atoms with Crippen LogP contribution >= 0.6 is 0 Å². The van der Waals surface area contributed by atoms with Gasteiger partial charge in [0.2, 0.25) is 5.91 Å². The van der Waals surface area contributed by atoms with Gasteiger partial charge in [0.05, 0.1) is 33.3 Å². The van der Waals surface area contributed by atoms with E-state index in [4.69, 9.17) is 19.9 Å². The number of nitrogens with one attached hydrogen (secondary N) is 1. The summed E-state index contributed by atoms with van der Waals surface area (Å²) in [5.74, 6) is 1.18. The van der Waals surface area contributed by atoms with Gasteiger partial charge in [-0.25, -0.2) is 0 Å². The number of carbonyl (C=O) groups is 1. The monoisotopic (exact) mass is 296 g/mol. The van der Waals surface area contributed by atoms with Gasteiger partial charge in [-0.1, -0.05) is 6.07 Å². The highest BCUT2D eigenvalue weighted by molar-refractivity contribution is 5.79. The molecule has 0 aliphatic heterocycles. The summed E-state index contributed by atoms with van der Waals surface area (Å²) in [6.07, 6.45) is 0.955. The van der Waals surface area contributed by atoms with Gasteiger partial charge < -0.3 is 25.3 Å². The third-order valence-corrected chi connectivity index (χ3v) is 3.06. The van der Waals surface area contributed by atoms with E-state index in [0.717, 1.165) is 5.56 Å². The first kappa shape index (κ1) is 17.3. The Morgan fingerprint density at radius 1 is 1.24 bits per heavy atom. The summed E-state index contributed by atoms with van der Waals surface area (Å²) in [5, 5.41) is 2.92. The third kappa shape index (κ3) is 5.61. The molecule has 0 aromatic heterocycles. The number of ether oxygens (including phenoxy) is 3. The topological polar surface area (TPSA) is 82.8 Å². The fraction of sp³-hybridized carbons (Fsp3) is 0.533. The van der Waals surface area contributed by atoms with Crippen LogP contribution in [0.15, 0.2) is 18.2 Å². The van der Waals surface area contributed by atoms with Crippen LogP contribution < -0.4 is 20.5 Å². The van der Waals surface area contributed by atoms with E-state index >= 15 is 0 Å². The van der Waals surface area contributed by atoms with E-state index in [2.05, 4.69) is 5.32 Å². The predicted octanol–water partition coefficient (Wildman–Crippen LogP) is 0.726. The molecule has 0 saturated heterocycles. The van der Waals surface area contributed by atoms with Crippen molar-refractivity contribution < 1.29 is 19.0 Å². The Morgan fingerprint density at radius 2 is 1.95 bits per heavy atom. The number of carbonyl (C=O) groups excluding carboxylic acids is 1. The molecule has 1 aromatic rings. The first-order chi connectivity index (χ1) is 10.1. The number of methoxy groups -OCH3 is 3. The summed E-state index contributed by atoms with van der Waals surface area (Å²) in [6, 6.07) is 5.36. The minimum Gasteiger partial charge on any atom is -0.493 e. The molecule has 6 nitrogen and oxygen atoms in total. The van der Waals surface area contributed by atoms with Crippen LogP contribution in [-0.2, 0) is 16.0 Å². The molecule has 0 heterocycles. The summed E-state index contributed by atoms with van der Waals surface area (Å²) in [5.41, 5.74) is 6.38. The molecule has 0 radical (unpaired) electrons. The van der Waals surface area contributed by atoms with Crippen molar-refractivity contribution in [3.05, 3.63) is 23.8 Å². The molecule has 0 bridgehead atoms. The van der Waals surface area contributed by atoms with Crippen molar-refractivity contribution in [2.45, 2.75) is 18.9 Å². The second kappa shape index (κ2) is 9.20. The summed E-state index contributed by atoms with van der Waals surface area (Å²) >= 11 is 0. The van der Waals surface area contributed by atoms with Gasteiger partial charge in [0.25, 0.3) is 0 Å². The van der Waals surface area contributed by atoms with Gasteiger partial charge in [0, 0.05) is 7.11 Å². The zero-order valence-electron chi connectivity index (χ0n) is 12.8. The Bertz CT molecular complexity index is 445. The lowest BCUT2D eigenvalue weighted by Gasteiger charge is -2.17. The molecule has 1 atom stereocenters. The van der Waals surface area contributed by atoms with E-state index in [9.17, 15) is 4.79 Å². The van der Waals surface area contributed by atoms with Crippen molar-refractivity contribution in [2.24, 2.45) is 5.73 Å². The van der Waals surface area contributed by atoms with E-state index in [1.165, 1.54) is 0 Å². The fourth-order valence-electron chi connectivity index (χ4n) is 2.05. The molecule has 0 fully saturated rings. The van der Waals surface area contributed by atoms with Crippen molar-refractivity contribution >= 4 is 5.91 Å². The van der Waals surface area contributed by atoms with Crippen molar-refractivity contribution in [1.82, 2.24) is 5.32 Å². The summed E-state index contributed by atoms with van der Waals surface area (Å²) in [6.45, 7) is 0.958.